The third-order valence-corrected chi connectivity index (χ3v) is 2.21. The highest BCUT2D eigenvalue weighted by atomic mass is 16.3. The first-order valence-electron chi connectivity index (χ1n) is 5.28. The minimum atomic E-state index is -0.0158. The van der Waals surface area contributed by atoms with Crippen molar-refractivity contribution in [3.05, 3.63) is 47.7 Å². The summed E-state index contributed by atoms with van der Waals surface area (Å²) < 4.78 is 0. The number of aliphatic hydroxyl groups excluding tert-OH is 1. The summed E-state index contributed by atoms with van der Waals surface area (Å²) in [6, 6.07) is 7.96. The van der Waals surface area contributed by atoms with Crippen molar-refractivity contribution < 1.29 is 5.11 Å². The zero-order valence-electron chi connectivity index (χ0n) is 10.1. The van der Waals surface area contributed by atoms with Gasteiger partial charge in [0.05, 0.1) is 0 Å². The fourth-order valence-corrected chi connectivity index (χ4v) is 1.38. The Labute approximate surface area is 96.7 Å². The summed E-state index contributed by atoms with van der Waals surface area (Å²) in [6.07, 6.45) is 1.00. The van der Waals surface area contributed by atoms with E-state index in [4.69, 9.17) is 0 Å². The second-order valence-electron chi connectivity index (χ2n) is 3.79. The van der Waals surface area contributed by atoms with Gasteiger partial charge in [-0.25, -0.2) is 0 Å². The van der Waals surface area contributed by atoms with Crippen LogP contribution in [0.5, 0.6) is 0 Å². The molecule has 0 radical (unpaired) electrons. The average Bonchev–Trinajstić information content (AvgIpc) is 2.25. The zero-order valence-corrected chi connectivity index (χ0v) is 10.1. The number of rotatable bonds is 4. The SMILES string of the molecule is C=C(O)/C(=N\N(C)C)c1ccc(CC)cc1. The van der Waals surface area contributed by atoms with Crippen LogP contribution in [-0.2, 0) is 6.42 Å². The van der Waals surface area contributed by atoms with Crippen LogP contribution in [0.1, 0.15) is 18.1 Å². The first-order valence-corrected chi connectivity index (χ1v) is 5.28. The molecular formula is C13H18N2O. The van der Waals surface area contributed by atoms with E-state index in [-0.39, 0.29) is 5.76 Å². The molecule has 0 fully saturated rings. The van der Waals surface area contributed by atoms with E-state index in [2.05, 4.69) is 18.6 Å². The maximum Gasteiger partial charge on any atom is 0.136 e. The van der Waals surface area contributed by atoms with E-state index in [1.54, 1.807) is 5.01 Å². The zero-order chi connectivity index (χ0) is 12.1. The Morgan fingerprint density at radius 1 is 1.31 bits per heavy atom. The monoisotopic (exact) mass is 218 g/mol. The topological polar surface area (TPSA) is 35.8 Å². The molecule has 1 rings (SSSR count). The third-order valence-electron chi connectivity index (χ3n) is 2.21. The van der Waals surface area contributed by atoms with Crippen LogP contribution < -0.4 is 0 Å². The number of hydrogen-bond donors (Lipinski definition) is 1. The molecule has 0 unspecified atom stereocenters. The summed E-state index contributed by atoms with van der Waals surface area (Å²) in [7, 11) is 3.62. The van der Waals surface area contributed by atoms with E-state index in [1.165, 1.54) is 5.56 Å². The van der Waals surface area contributed by atoms with Crippen LogP contribution >= 0.6 is 0 Å². The standard InChI is InChI=1S/C13H18N2O/c1-5-11-6-8-12(9-7-11)13(10(2)16)14-15(3)4/h6-9,16H,2,5H2,1,3-4H3/b14-13+. The van der Waals surface area contributed by atoms with Gasteiger partial charge in [0.25, 0.3) is 0 Å². The number of allylic oxidation sites excluding steroid dienone is 1. The number of aryl methyl sites for hydroxylation is 1. The lowest BCUT2D eigenvalue weighted by Crippen LogP contribution is -2.12. The molecule has 0 amide bonds. The van der Waals surface area contributed by atoms with Crippen molar-refractivity contribution in [3.8, 4) is 0 Å². The number of hydrazone groups is 1. The van der Waals surface area contributed by atoms with Gasteiger partial charge in [-0.15, -0.1) is 0 Å². The van der Waals surface area contributed by atoms with E-state index in [0.29, 0.717) is 5.71 Å². The molecule has 0 spiro atoms. The van der Waals surface area contributed by atoms with E-state index in [0.717, 1.165) is 12.0 Å². The normalized spacial score (nSPS) is 11.3. The highest BCUT2D eigenvalue weighted by Gasteiger charge is 2.07. The summed E-state index contributed by atoms with van der Waals surface area (Å²) in [6.45, 7) is 5.63. The van der Waals surface area contributed by atoms with Crippen LogP contribution in [0.3, 0.4) is 0 Å². The Hall–Kier alpha value is -1.77. The lowest BCUT2D eigenvalue weighted by Gasteiger charge is -2.10. The van der Waals surface area contributed by atoms with Crippen LogP contribution in [-0.4, -0.2) is 29.9 Å². The van der Waals surface area contributed by atoms with Gasteiger partial charge >= 0.3 is 0 Å². The van der Waals surface area contributed by atoms with Crippen molar-refractivity contribution in [2.75, 3.05) is 14.1 Å². The largest absolute Gasteiger partial charge is 0.506 e. The van der Waals surface area contributed by atoms with Crippen molar-refractivity contribution >= 4 is 5.71 Å². The fraction of sp³-hybridized carbons (Fsp3) is 0.308. The lowest BCUT2D eigenvalue weighted by molar-refractivity contribution is 0.418. The van der Waals surface area contributed by atoms with E-state index >= 15 is 0 Å². The van der Waals surface area contributed by atoms with E-state index < -0.39 is 0 Å². The van der Waals surface area contributed by atoms with Gasteiger partial charge in [0.15, 0.2) is 0 Å². The Balaban J connectivity index is 3.07. The lowest BCUT2D eigenvalue weighted by atomic mass is 10.1. The highest BCUT2D eigenvalue weighted by molar-refractivity contribution is 6.10. The minimum absolute atomic E-state index is 0.0158. The van der Waals surface area contributed by atoms with Crippen LogP contribution in [0.2, 0.25) is 0 Å². The molecule has 16 heavy (non-hydrogen) atoms. The van der Waals surface area contributed by atoms with Gasteiger partial charge in [0.1, 0.15) is 11.5 Å². The Morgan fingerprint density at radius 2 is 1.88 bits per heavy atom. The van der Waals surface area contributed by atoms with Crippen molar-refractivity contribution in [3.63, 3.8) is 0 Å². The molecule has 0 saturated carbocycles. The van der Waals surface area contributed by atoms with Crippen LogP contribution in [0.25, 0.3) is 0 Å². The molecule has 0 heterocycles. The second kappa shape index (κ2) is 5.35. The predicted octanol–water partition coefficient (Wildman–Crippen LogP) is 2.59. The number of benzene rings is 1. The third kappa shape index (κ3) is 3.12. The molecule has 3 nitrogen and oxygen atoms in total. The summed E-state index contributed by atoms with van der Waals surface area (Å²) in [5.74, 6) is -0.0158. The molecule has 0 aromatic heterocycles. The van der Waals surface area contributed by atoms with Gasteiger partial charge in [-0.1, -0.05) is 37.8 Å². The van der Waals surface area contributed by atoms with E-state index in [9.17, 15) is 5.11 Å². The van der Waals surface area contributed by atoms with Crippen LogP contribution in [0.15, 0.2) is 41.7 Å². The molecule has 0 aliphatic carbocycles. The van der Waals surface area contributed by atoms with Gasteiger partial charge < -0.3 is 10.1 Å². The summed E-state index contributed by atoms with van der Waals surface area (Å²) in [4.78, 5) is 0. The maximum absolute atomic E-state index is 9.49. The Kier molecular flexibility index (Phi) is 4.11. The Bertz CT molecular complexity index is 391. The number of hydrogen-bond acceptors (Lipinski definition) is 3. The molecule has 0 atom stereocenters. The van der Waals surface area contributed by atoms with Crippen molar-refractivity contribution in [2.24, 2.45) is 5.10 Å². The molecule has 0 bridgehead atoms. The van der Waals surface area contributed by atoms with Gasteiger partial charge in [0, 0.05) is 19.7 Å². The van der Waals surface area contributed by atoms with Crippen molar-refractivity contribution in [1.82, 2.24) is 5.01 Å². The van der Waals surface area contributed by atoms with E-state index in [1.807, 2.05) is 38.4 Å². The predicted molar refractivity (Wildman–Crippen MR) is 67.8 cm³/mol. The van der Waals surface area contributed by atoms with Crippen molar-refractivity contribution in [1.29, 1.82) is 0 Å². The molecule has 1 aromatic carbocycles. The van der Waals surface area contributed by atoms with Crippen LogP contribution in [0, 0.1) is 0 Å². The first kappa shape index (κ1) is 12.3. The molecule has 0 aliphatic rings. The molecular weight excluding hydrogens is 200 g/mol. The first-order chi connectivity index (χ1) is 7.54. The highest BCUT2D eigenvalue weighted by Crippen LogP contribution is 2.10. The second-order valence-corrected chi connectivity index (χ2v) is 3.79. The summed E-state index contributed by atoms with van der Waals surface area (Å²) in [5, 5.41) is 15.3. The van der Waals surface area contributed by atoms with Gasteiger partial charge in [0.2, 0.25) is 0 Å². The molecule has 86 valence electrons. The number of nitrogens with zero attached hydrogens (tertiary/aromatic N) is 2. The number of aliphatic hydroxyl groups is 1. The molecule has 0 aliphatic heterocycles. The van der Waals surface area contributed by atoms with Gasteiger partial charge in [-0.3, -0.25) is 0 Å². The molecule has 0 saturated heterocycles. The van der Waals surface area contributed by atoms with Crippen LogP contribution in [0.4, 0.5) is 0 Å². The fourth-order valence-electron chi connectivity index (χ4n) is 1.38. The van der Waals surface area contributed by atoms with Gasteiger partial charge in [-0.05, 0) is 12.0 Å². The average molecular weight is 218 g/mol. The summed E-state index contributed by atoms with van der Waals surface area (Å²) >= 11 is 0. The Morgan fingerprint density at radius 3 is 2.25 bits per heavy atom. The molecule has 3 heteroatoms. The quantitative estimate of drug-likeness (QED) is 0.479. The minimum Gasteiger partial charge on any atom is -0.506 e. The smallest absolute Gasteiger partial charge is 0.136 e. The maximum atomic E-state index is 9.49. The van der Waals surface area contributed by atoms with Crippen molar-refractivity contribution in [2.45, 2.75) is 13.3 Å². The molecule has 1 aromatic rings. The van der Waals surface area contributed by atoms with Gasteiger partial charge in [-0.2, -0.15) is 5.10 Å². The summed E-state index contributed by atoms with van der Waals surface area (Å²) in [5.41, 5.74) is 2.64. The molecule has 1 N–H and O–H groups in total.